The standard InChI is InChI=1S/C16H13Cl2N5O/c1-10-20-21-22-23(10)12-5-2-4-11(8-12)19-16(24)9-13-14(17)6-3-7-15(13)18/h2-8H,9H2,1H3,(H,19,24). The smallest absolute Gasteiger partial charge is 0.228 e. The van der Waals surface area contributed by atoms with Crippen molar-refractivity contribution in [2.45, 2.75) is 13.3 Å². The number of carbonyl (C=O) groups is 1. The molecule has 6 nitrogen and oxygen atoms in total. The highest BCUT2D eigenvalue weighted by Gasteiger charge is 2.12. The lowest BCUT2D eigenvalue weighted by Gasteiger charge is -2.09. The maximum absolute atomic E-state index is 12.3. The van der Waals surface area contributed by atoms with Crippen LogP contribution in [0.15, 0.2) is 42.5 Å². The molecule has 0 aliphatic carbocycles. The molecule has 0 fully saturated rings. The molecule has 0 unspecified atom stereocenters. The predicted molar refractivity (Wildman–Crippen MR) is 92.7 cm³/mol. The van der Waals surface area contributed by atoms with E-state index in [-0.39, 0.29) is 12.3 Å². The summed E-state index contributed by atoms with van der Waals surface area (Å²) in [6.45, 7) is 1.80. The number of tetrazole rings is 1. The maximum Gasteiger partial charge on any atom is 0.228 e. The average Bonchev–Trinajstić information content (AvgIpc) is 2.97. The molecule has 0 aliphatic rings. The van der Waals surface area contributed by atoms with E-state index < -0.39 is 0 Å². The normalized spacial score (nSPS) is 10.6. The number of anilines is 1. The first-order chi connectivity index (χ1) is 11.5. The van der Waals surface area contributed by atoms with Crippen molar-refractivity contribution in [2.24, 2.45) is 0 Å². The van der Waals surface area contributed by atoms with Gasteiger partial charge in [-0.3, -0.25) is 4.79 Å². The summed E-state index contributed by atoms with van der Waals surface area (Å²) in [6.07, 6.45) is 0.0899. The van der Waals surface area contributed by atoms with Gasteiger partial charge in [0.05, 0.1) is 12.1 Å². The van der Waals surface area contributed by atoms with Crippen molar-refractivity contribution < 1.29 is 4.79 Å². The SMILES string of the molecule is Cc1nnnn1-c1cccc(NC(=O)Cc2c(Cl)cccc2Cl)c1. The second kappa shape index (κ2) is 6.98. The van der Waals surface area contributed by atoms with Crippen LogP contribution in [0, 0.1) is 6.92 Å². The minimum atomic E-state index is -0.212. The number of hydrogen-bond acceptors (Lipinski definition) is 4. The molecule has 8 heteroatoms. The third-order valence-corrected chi connectivity index (χ3v) is 4.11. The number of rotatable bonds is 4. The van der Waals surface area contributed by atoms with E-state index in [4.69, 9.17) is 23.2 Å². The van der Waals surface area contributed by atoms with Gasteiger partial charge in [-0.25, -0.2) is 0 Å². The molecule has 1 amide bonds. The summed E-state index contributed by atoms with van der Waals surface area (Å²) in [5.74, 6) is 0.442. The van der Waals surface area contributed by atoms with Gasteiger partial charge in [0.1, 0.15) is 0 Å². The number of halogens is 2. The number of aromatic nitrogens is 4. The molecule has 0 saturated carbocycles. The van der Waals surface area contributed by atoms with Crippen LogP contribution in [-0.4, -0.2) is 26.1 Å². The van der Waals surface area contributed by atoms with Gasteiger partial charge in [0, 0.05) is 15.7 Å². The van der Waals surface area contributed by atoms with Crippen molar-refractivity contribution in [2.75, 3.05) is 5.32 Å². The zero-order chi connectivity index (χ0) is 17.1. The van der Waals surface area contributed by atoms with Crippen LogP contribution in [0.5, 0.6) is 0 Å². The zero-order valence-electron chi connectivity index (χ0n) is 12.7. The average molecular weight is 362 g/mol. The van der Waals surface area contributed by atoms with Gasteiger partial charge in [-0.15, -0.1) is 5.10 Å². The fourth-order valence-corrected chi connectivity index (χ4v) is 2.78. The molecular weight excluding hydrogens is 349 g/mol. The number of benzene rings is 2. The quantitative estimate of drug-likeness (QED) is 0.772. The summed E-state index contributed by atoms with van der Waals surface area (Å²) in [7, 11) is 0. The van der Waals surface area contributed by atoms with Crippen molar-refractivity contribution in [3.8, 4) is 5.69 Å². The van der Waals surface area contributed by atoms with Crippen molar-refractivity contribution in [3.63, 3.8) is 0 Å². The molecule has 1 aromatic heterocycles. The van der Waals surface area contributed by atoms with E-state index in [1.165, 1.54) is 0 Å². The van der Waals surface area contributed by atoms with Gasteiger partial charge in [0.2, 0.25) is 5.91 Å². The Morgan fingerprint density at radius 1 is 1.17 bits per heavy atom. The Balaban J connectivity index is 1.77. The Kier molecular flexibility index (Phi) is 4.78. The predicted octanol–water partition coefficient (Wildman–Crippen LogP) is 3.46. The highest BCUT2D eigenvalue weighted by molar-refractivity contribution is 6.36. The van der Waals surface area contributed by atoms with Crippen LogP contribution in [0.25, 0.3) is 5.69 Å². The molecule has 3 aromatic rings. The van der Waals surface area contributed by atoms with Crippen molar-refractivity contribution >= 4 is 34.8 Å². The molecule has 3 rings (SSSR count). The van der Waals surface area contributed by atoms with Crippen LogP contribution in [-0.2, 0) is 11.2 Å². The van der Waals surface area contributed by atoms with Crippen LogP contribution in [0.3, 0.4) is 0 Å². The molecule has 24 heavy (non-hydrogen) atoms. The number of nitrogens with one attached hydrogen (secondary N) is 1. The van der Waals surface area contributed by atoms with Gasteiger partial charge in [0.25, 0.3) is 0 Å². The van der Waals surface area contributed by atoms with E-state index in [9.17, 15) is 4.79 Å². The van der Waals surface area contributed by atoms with E-state index in [1.807, 2.05) is 12.1 Å². The largest absolute Gasteiger partial charge is 0.326 e. The lowest BCUT2D eigenvalue weighted by molar-refractivity contribution is -0.115. The van der Waals surface area contributed by atoms with Crippen LogP contribution >= 0.6 is 23.2 Å². The minimum absolute atomic E-state index is 0.0899. The van der Waals surface area contributed by atoms with E-state index >= 15 is 0 Å². The Bertz CT molecular complexity index is 873. The topological polar surface area (TPSA) is 72.7 Å². The number of aryl methyl sites for hydroxylation is 1. The summed E-state index contributed by atoms with van der Waals surface area (Å²) >= 11 is 12.2. The zero-order valence-corrected chi connectivity index (χ0v) is 14.2. The van der Waals surface area contributed by atoms with E-state index in [1.54, 1.807) is 41.9 Å². The van der Waals surface area contributed by atoms with E-state index in [0.29, 0.717) is 27.1 Å². The number of carbonyl (C=O) groups excluding carboxylic acids is 1. The van der Waals surface area contributed by atoms with Crippen LogP contribution in [0.2, 0.25) is 10.0 Å². The minimum Gasteiger partial charge on any atom is -0.326 e. The Morgan fingerprint density at radius 3 is 2.54 bits per heavy atom. The molecule has 122 valence electrons. The second-order valence-electron chi connectivity index (χ2n) is 5.11. The van der Waals surface area contributed by atoms with Crippen LogP contribution < -0.4 is 5.32 Å². The highest BCUT2D eigenvalue weighted by Crippen LogP contribution is 2.25. The van der Waals surface area contributed by atoms with Crippen molar-refractivity contribution in [1.82, 2.24) is 20.2 Å². The Hall–Kier alpha value is -2.44. The molecule has 0 radical (unpaired) electrons. The van der Waals surface area contributed by atoms with Gasteiger partial charge in [-0.1, -0.05) is 35.3 Å². The Morgan fingerprint density at radius 2 is 1.88 bits per heavy atom. The molecule has 0 saturated heterocycles. The fraction of sp³-hybridized carbons (Fsp3) is 0.125. The Labute approximate surface area is 148 Å². The van der Waals surface area contributed by atoms with E-state index in [0.717, 1.165) is 5.69 Å². The first kappa shape index (κ1) is 16.4. The van der Waals surface area contributed by atoms with E-state index in [2.05, 4.69) is 20.8 Å². The summed E-state index contributed by atoms with van der Waals surface area (Å²) in [5, 5.41) is 15.1. The van der Waals surface area contributed by atoms with Gasteiger partial charge < -0.3 is 5.32 Å². The number of amides is 1. The van der Waals surface area contributed by atoms with Crippen molar-refractivity contribution in [1.29, 1.82) is 0 Å². The summed E-state index contributed by atoms with van der Waals surface area (Å²) in [4.78, 5) is 12.3. The molecule has 1 heterocycles. The summed E-state index contributed by atoms with van der Waals surface area (Å²) < 4.78 is 1.58. The lowest BCUT2D eigenvalue weighted by atomic mass is 10.1. The van der Waals surface area contributed by atoms with Crippen LogP contribution in [0.1, 0.15) is 11.4 Å². The van der Waals surface area contributed by atoms with Gasteiger partial charge >= 0.3 is 0 Å². The van der Waals surface area contributed by atoms with Gasteiger partial charge in [-0.2, -0.15) is 4.68 Å². The number of nitrogens with zero attached hydrogens (tertiary/aromatic N) is 4. The first-order valence-corrected chi connectivity index (χ1v) is 7.88. The monoisotopic (exact) mass is 361 g/mol. The van der Waals surface area contributed by atoms with Crippen LogP contribution in [0.4, 0.5) is 5.69 Å². The molecule has 0 aliphatic heterocycles. The van der Waals surface area contributed by atoms with Gasteiger partial charge in [0.15, 0.2) is 5.82 Å². The number of hydrogen-bond donors (Lipinski definition) is 1. The molecule has 0 spiro atoms. The fourth-order valence-electron chi connectivity index (χ4n) is 2.25. The van der Waals surface area contributed by atoms with Crippen molar-refractivity contribution in [3.05, 3.63) is 63.9 Å². The molecular formula is C16H13Cl2N5O. The molecule has 1 N–H and O–H groups in total. The molecule has 0 bridgehead atoms. The lowest BCUT2D eigenvalue weighted by Crippen LogP contribution is -2.15. The third-order valence-electron chi connectivity index (χ3n) is 3.40. The summed E-state index contributed by atoms with van der Waals surface area (Å²) in [6, 6.07) is 12.4. The highest BCUT2D eigenvalue weighted by atomic mass is 35.5. The summed E-state index contributed by atoms with van der Waals surface area (Å²) in [5.41, 5.74) is 1.99. The molecule has 2 aromatic carbocycles. The molecule has 0 atom stereocenters. The first-order valence-electron chi connectivity index (χ1n) is 7.13. The van der Waals surface area contributed by atoms with Gasteiger partial charge in [-0.05, 0) is 53.2 Å². The second-order valence-corrected chi connectivity index (χ2v) is 5.93. The maximum atomic E-state index is 12.3. The third kappa shape index (κ3) is 3.55.